The molecule has 0 saturated carbocycles. The quantitative estimate of drug-likeness (QED) is 0.835. The van der Waals surface area contributed by atoms with Crippen molar-refractivity contribution in [2.24, 2.45) is 0 Å². The van der Waals surface area contributed by atoms with Crippen LogP contribution in [0, 0.1) is 0 Å². The van der Waals surface area contributed by atoms with Gasteiger partial charge in [0.05, 0.1) is 15.4 Å². The molecule has 0 amide bonds. The lowest BCUT2D eigenvalue weighted by Crippen LogP contribution is -2.16. The van der Waals surface area contributed by atoms with Gasteiger partial charge in [0.15, 0.2) is 0 Å². The van der Waals surface area contributed by atoms with Crippen molar-refractivity contribution >= 4 is 15.4 Å². The molecule has 2 aromatic rings. The van der Waals surface area contributed by atoms with Gasteiger partial charge < -0.3 is 0 Å². The molecule has 0 bridgehead atoms. The zero-order valence-corrected chi connectivity index (χ0v) is 12.4. The van der Waals surface area contributed by atoms with Crippen LogP contribution in [0.3, 0.4) is 0 Å². The molecular formula is C16H13F3O2S. The molecule has 2 aromatic carbocycles. The minimum absolute atomic E-state index is 0.162. The Hall–Kier alpha value is -2.08. The van der Waals surface area contributed by atoms with E-state index in [4.69, 9.17) is 0 Å². The number of allylic oxidation sites excluding steroid dienone is 2. The van der Waals surface area contributed by atoms with E-state index in [0.717, 1.165) is 6.92 Å². The highest BCUT2D eigenvalue weighted by atomic mass is 32.2. The topological polar surface area (TPSA) is 34.1 Å². The second-order valence-corrected chi connectivity index (χ2v) is 6.70. The highest BCUT2D eigenvalue weighted by Crippen LogP contribution is 2.39. The fourth-order valence-electron chi connectivity index (χ4n) is 2.08. The molecule has 0 unspecified atom stereocenters. The van der Waals surface area contributed by atoms with Crippen molar-refractivity contribution in [3.8, 4) is 0 Å². The highest BCUT2D eigenvalue weighted by Gasteiger charge is 2.39. The molecule has 0 aliphatic rings. The van der Waals surface area contributed by atoms with Crippen molar-refractivity contribution in [1.29, 1.82) is 0 Å². The second-order valence-electron chi connectivity index (χ2n) is 4.61. The molecule has 0 aromatic heterocycles. The van der Waals surface area contributed by atoms with Crippen molar-refractivity contribution < 1.29 is 21.6 Å². The Labute approximate surface area is 126 Å². The summed E-state index contributed by atoms with van der Waals surface area (Å²) in [6.45, 7) is 0.984. The summed E-state index contributed by atoms with van der Waals surface area (Å²) in [5, 5.41) is 0. The third kappa shape index (κ3) is 3.22. The summed E-state index contributed by atoms with van der Waals surface area (Å²) >= 11 is 0. The molecule has 0 N–H and O–H groups in total. The van der Waals surface area contributed by atoms with Gasteiger partial charge in [-0.15, -0.1) is 0 Å². The van der Waals surface area contributed by atoms with Gasteiger partial charge in [-0.25, -0.2) is 8.42 Å². The van der Waals surface area contributed by atoms with Crippen LogP contribution in [-0.2, 0) is 9.84 Å². The maximum Gasteiger partial charge on any atom is 0.417 e. The van der Waals surface area contributed by atoms with Gasteiger partial charge in [0.1, 0.15) is 0 Å². The third-order valence-electron chi connectivity index (χ3n) is 3.15. The van der Waals surface area contributed by atoms with E-state index in [1.165, 1.54) is 48.5 Å². The SMILES string of the molecule is C/C(=C(/c1ccccc1)C(F)(F)F)S(=O)(=O)c1ccccc1. The lowest BCUT2D eigenvalue weighted by atomic mass is 10.1. The predicted octanol–water partition coefficient (Wildman–Crippen LogP) is 4.45. The number of hydrogen-bond donors (Lipinski definition) is 0. The first kappa shape index (κ1) is 16.3. The first-order valence-electron chi connectivity index (χ1n) is 6.38. The number of benzene rings is 2. The minimum atomic E-state index is -4.77. The van der Waals surface area contributed by atoms with Crippen molar-refractivity contribution in [2.45, 2.75) is 18.0 Å². The van der Waals surface area contributed by atoms with Crippen LogP contribution in [0.1, 0.15) is 12.5 Å². The van der Waals surface area contributed by atoms with E-state index in [2.05, 4.69) is 0 Å². The fourth-order valence-corrected chi connectivity index (χ4v) is 3.45. The standard InChI is InChI=1S/C16H13F3O2S/c1-12(22(20,21)14-10-6-3-7-11-14)15(16(17,18)19)13-8-4-2-5-9-13/h2-11H,1H3/b15-12+. The Kier molecular flexibility index (Phi) is 4.42. The van der Waals surface area contributed by atoms with Crippen LogP contribution in [0.25, 0.3) is 5.57 Å². The summed E-state index contributed by atoms with van der Waals surface area (Å²) in [6, 6.07) is 14.0. The maximum absolute atomic E-state index is 13.4. The lowest BCUT2D eigenvalue weighted by Gasteiger charge is -2.16. The number of alkyl halides is 3. The number of sulfone groups is 1. The lowest BCUT2D eigenvalue weighted by molar-refractivity contribution is -0.0691. The van der Waals surface area contributed by atoms with E-state index in [-0.39, 0.29) is 10.5 Å². The maximum atomic E-state index is 13.4. The summed E-state index contributed by atoms with van der Waals surface area (Å²) in [7, 11) is -4.21. The van der Waals surface area contributed by atoms with Gasteiger partial charge in [-0.3, -0.25) is 0 Å². The van der Waals surface area contributed by atoms with Crippen LogP contribution in [0.4, 0.5) is 13.2 Å². The Bertz CT molecular complexity index is 777. The van der Waals surface area contributed by atoms with E-state index in [0.29, 0.717) is 0 Å². The minimum Gasteiger partial charge on any atom is -0.219 e. The first-order chi connectivity index (χ1) is 10.2. The zero-order valence-electron chi connectivity index (χ0n) is 11.6. The van der Waals surface area contributed by atoms with Crippen molar-refractivity contribution in [3.05, 3.63) is 71.1 Å². The Morgan fingerprint density at radius 3 is 1.77 bits per heavy atom. The van der Waals surface area contributed by atoms with Gasteiger partial charge in [0.25, 0.3) is 0 Å². The smallest absolute Gasteiger partial charge is 0.219 e. The van der Waals surface area contributed by atoms with Crippen molar-refractivity contribution in [2.75, 3.05) is 0 Å². The molecule has 0 heterocycles. The van der Waals surface area contributed by atoms with Crippen molar-refractivity contribution in [1.82, 2.24) is 0 Å². The summed E-state index contributed by atoms with van der Waals surface area (Å²) in [5.74, 6) is 0. The molecule has 0 saturated heterocycles. The molecule has 0 radical (unpaired) electrons. The number of rotatable bonds is 3. The van der Waals surface area contributed by atoms with Crippen LogP contribution in [0.5, 0.6) is 0 Å². The molecular weight excluding hydrogens is 313 g/mol. The molecule has 22 heavy (non-hydrogen) atoms. The van der Waals surface area contributed by atoms with Crippen molar-refractivity contribution in [3.63, 3.8) is 0 Å². The number of halogens is 3. The van der Waals surface area contributed by atoms with Gasteiger partial charge in [0.2, 0.25) is 9.84 Å². The summed E-state index contributed by atoms with van der Waals surface area (Å²) in [5.41, 5.74) is -1.32. The van der Waals surface area contributed by atoms with Crippen LogP contribution in [-0.4, -0.2) is 14.6 Å². The normalized spacial score (nSPS) is 13.6. The molecule has 0 spiro atoms. The largest absolute Gasteiger partial charge is 0.417 e. The van der Waals surface area contributed by atoms with E-state index in [9.17, 15) is 21.6 Å². The van der Waals surface area contributed by atoms with E-state index < -0.39 is 26.5 Å². The average molecular weight is 326 g/mol. The van der Waals surface area contributed by atoms with E-state index >= 15 is 0 Å². The Balaban J connectivity index is 2.71. The highest BCUT2D eigenvalue weighted by molar-refractivity contribution is 7.95. The summed E-state index contributed by atoms with van der Waals surface area (Å²) in [4.78, 5) is -0.873. The van der Waals surface area contributed by atoms with Gasteiger partial charge in [-0.05, 0) is 24.6 Å². The average Bonchev–Trinajstić information content (AvgIpc) is 2.48. The van der Waals surface area contributed by atoms with Crippen LogP contribution < -0.4 is 0 Å². The number of hydrogen-bond acceptors (Lipinski definition) is 2. The summed E-state index contributed by atoms with van der Waals surface area (Å²) < 4.78 is 65.0. The predicted molar refractivity (Wildman–Crippen MR) is 78.7 cm³/mol. The fraction of sp³-hybridized carbons (Fsp3) is 0.125. The van der Waals surface area contributed by atoms with Gasteiger partial charge >= 0.3 is 6.18 Å². The second kappa shape index (κ2) is 5.96. The molecule has 0 aliphatic carbocycles. The Morgan fingerprint density at radius 1 is 0.864 bits per heavy atom. The molecule has 0 atom stereocenters. The van der Waals surface area contributed by atoms with E-state index in [1.54, 1.807) is 12.1 Å². The third-order valence-corrected chi connectivity index (χ3v) is 5.06. The molecule has 2 rings (SSSR count). The molecule has 6 heteroatoms. The Morgan fingerprint density at radius 2 is 1.32 bits per heavy atom. The zero-order chi connectivity index (χ0) is 16.4. The molecule has 116 valence electrons. The summed E-state index contributed by atoms with van der Waals surface area (Å²) in [6.07, 6.45) is -4.77. The monoisotopic (exact) mass is 326 g/mol. The molecule has 0 aliphatic heterocycles. The molecule has 2 nitrogen and oxygen atoms in total. The first-order valence-corrected chi connectivity index (χ1v) is 7.86. The molecule has 0 fully saturated rings. The van der Waals surface area contributed by atoms with Gasteiger partial charge in [0, 0.05) is 0 Å². The van der Waals surface area contributed by atoms with E-state index in [1.807, 2.05) is 0 Å². The van der Waals surface area contributed by atoms with Gasteiger partial charge in [-0.1, -0.05) is 48.5 Å². The van der Waals surface area contributed by atoms with Gasteiger partial charge in [-0.2, -0.15) is 13.2 Å². The van der Waals surface area contributed by atoms with Crippen LogP contribution in [0.15, 0.2) is 70.5 Å². The van der Waals surface area contributed by atoms with Crippen LogP contribution >= 0.6 is 0 Å². The van der Waals surface area contributed by atoms with Crippen LogP contribution in [0.2, 0.25) is 0 Å².